The first-order valence-electron chi connectivity index (χ1n) is 6.50. The number of hydrogen-bond donors (Lipinski definition) is 2. The summed E-state index contributed by atoms with van der Waals surface area (Å²) in [4.78, 5) is 12.8. The Labute approximate surface area is 117 Å². The van der Waals surface area contributed by atoms with E-state index in [4.69, 9.17) is 9.15 Å². The van der Waals surface area contributed by atoms with Gasteiger partial charge in [-0.3, -0.25) is 0 Å². The Bertz CT molecular complexity index is 555. The largest absolute Gasteiger partial charge is 0.444 e. The van der Waals surface area contributed by atoms with Gasteiger partial charge < -0.3 is 19.8 Å². The van der Waals surface area contributed by atoms with Gasteiger partial charge in [0.1, 0.15) is 24.0 Å². The van der Waals surface area contributed by atoms with E-state index < -0.39 is 0 Å². The summed E-state index contributed by atoms with van der Waals surface area (Å²) in [5.74, 6) is 3.48. The van der Waals surface area contributed by atoms with Crippen LogP contribution in [-0.4, -0.2) is 28.6 Å². The summed E-state index contributed by atoms with van der Waals surface area (Å²) in [5.41, 5.74) is 0. The minimum Gasteiger partial charge on any atom is -0.444 e. The van der Waals surface area contributed by atoms with Crippen LogP contribution in [0.2, 0.25) is 0 Å². The summed E-state index contributed by atoms with van der Waals surface area (Å²) in [6.07, 6.45) is 1.69. The Balaban J connectivity index is 2.05. The van der Waals surface area contributed by atoms with Crippen LogP contribution in [0.25, 0.3) is 0 Å². The van der Waals surface area contributed by atoms with Crippen molar-refractivity contribution >= 4 is 11.6 Å². The fraction of sp³-hybridized carbons (Fsp3) is 0.462. The lowest BCUT2D eigenvalue weighted by Crippen LogP contribution is -2.08. The molecule has 2 aromatic rings. The highest BCUT2D eigenvalue weighted by molar-refractivity contribution is 5.47. The van der Waals surface area contributed by atoms with E-state index in [1.54, 1.807) is 6.20 Å². The minimum absolute atomic E-state index is 0.388. The van der Waals surface area contributed by atoms with Crippen LogP contribution in [0.1, 0.15) is 24.4 Å². The first-order chi connectivity index (χ1) is 9.71. The molecular formula is C13H19N5O2. The normalized spacial score (nSPS) is 10.6. The molecule has 20 heavy (non-hydrogen) atoms. The molecular weight excluding hydrogens is 258 g/mol. The molecule has 0 amide bonds. The lowest BCUT2D eigenvalue weighted by Gasteiger charge is -2.08. The summed E-state index contributed by atoms with van der Waals surface area (Å²) in [7, 11) is 1.81. The van der Waals surface area contributed by atoms with Crippen LogP contribution in [0, 0.1) is 6.92 Å². The molecule has 0 unspecified atom stereocenters. The SMILES string of the molecule is CCOCc1nc(NC)cc(NCc2ncc(C)o2)n1. The van der Waals surface area contributed by atoms with Crippen molar-refractivity contribution in [2.45, 2.75) is 27.0 Å². The predicted octanol–water partition coefficient (Wildman–Crippen LogP) is 1.96. The molecule has 0 saturated heterocycles. The zero-order valence-corrected chi connectivity index (χ0v) is 11.9. The average molecular weight is 277 g/mol. The second-order valence-electron chi connectivity index (χ2n) is 4.16. The van der Waals surface area contributed by atoms with E-state index in [2.05, 4.69) is 25.6 Å². The number of ether oxygens (including phenoxy) is 1. The van der Waals surface area contributed by atoms with E-state index in [-0.39, 0.29) is 0 Å². The van der Waals surface area contributed by atoms with E-state index in [9.17, 15) is 0 Å². The van der Waals surface area contributed by atoms with Gasteiger partial charge in [0.2, 0.25) is 5.89 Å². The molecule has 2 rings (SSSR count). The van der Waals surface area contributed by atoms with Crippen LogP contribution in [0.3, 0.4) is 0 Å². The number of aryl methyl sites for hydroxylation is 1. The Kier molecular flexibility index (Phi) is 4.89. The number of aromatic nitrogens is 3. The van der Waals surface area contributed by atoms with Crippen molar-refractivity contribution < 1.29 is 9.15 Å². The van der Waals surface area contributed by atoms with Crippen molar-refractivity contribution in [2.75, 3.05) is 24.3 Å². The molecule has 0 aromatic carbocycles. The zero-order chi connectivity index (χ0) is 14.4. The van der Waals surface area contributed by atoms with Gasteiger partial charge in [-0.05, 0) is 13.8 Å². The Morgan fingerprint density at radius 1 is 1.30 bits per heavy atom. The monoisotopic (exact) mass is 277 g/mol. The second-order valence-corrected chi connectivity index (χ2v) is 4.16. The summed E-state index contributed by atoms with van der Waals surface area (Å²) < 4.78 is 10.7. The van der Waals surface area contributed by atoms with Gasteiger partial charge >= 0.3 is 0 Å². The molecule has 0 fully saturated rings. The van der Waals surface area contributed by atoms with Gasteiger partial charge in [0.25, 0.3) is 0 Å². The van der Waals surface area contributed by atoms with Crippen LogP contribution in [-0.2, 0) is 17.9 Å². The first-order valence-corrected chi connectivity index (χ1v) is 6.50. The Hall–Kier alpha value is -2.15. The molecule has 7 heteroatoms. The van der Waals surface area contributed by atoms with Crippen LogP contribution in [0.4, 0.5) is 11.6 Å². The van der Waals surface area contributed by atoms with Crippen LogP contribution in [0.15, 0.2) is 16.7 Å². The van der Waals surface area contributed by atoms with Crippen molar-refractivity contribution in [1.82, 2.24) is 15.0 Å². The number of rotatable bonds is 7. The molecule has 0 aliphatic rings. The van der Waals surface area contributed by atoms with Crippen molar-refractivity contribution in [2.24, 2.45) is 0 Å². The number of anilines is 2. The smallest absolute Gasteiger partial charge is 0.213 e. The molecule has 0 spiro atoms. The standard InChI is InChI=1S/C13H19N5O2/c1-4-19-8-12-17-10(14-3)5-11(18-12)15-7-13-16-6-9(2)20-13/h5-6H,4,7-8H2,1-3H3,(H2,14,15,17,18). The Morgan fingerprint density at radius 2 is 2.10 bits per heavy atom. The summed E-state index contributed by atoms with van der Waals surface area (Å²) in [6.45, 7) is 5.29. The molecule has 108 valence electrons. The number of oxazole rings is 1. The van der Waals surface area contributed by atoms with Crippen LogP contribution >= 0.6 is 0 Å². The maximum atomic E-state index is 5.40. The van der Waals surface area contributed by atoms with Crippen molar-refractivity contribution in [3.63, 3.8) is 0 Å². The van der Waals surface area contributed by atoms with E-state index in [1.807, 2.05) is 27.0 Å². The maximum absolute atomic E-state index is 5.40. The van der Waals surface area contributed by atoms with Gasteiger partial charge in [0, 0.05) is 19.7 Å². The second kappa shape index (κ2) is 6.85. The van der Waals surface area contributed by atoms with Crippen molar-refractivity contribution in [1.29, 1.82) is 0 Å². The number of nitrogens with zero attached hydrogens (tertiary/aromatic N) is 3. The molecule has 0 bridgehead atoms. The predicted molar refractivity (Wildman–Crippen MR) is 75.5 cm³/mol. The molecule has 0 radical (unpaired) electrons. The highest BCUT2D eigenvalue weighted by Gasteiger charge is 2.06. The third-order valence-corrected chi connectivity index (χ3v) is 2.55. The average Bonchev–Trinajstić information content (AvgIpc) is 2.88. The summed E-state index contributed by atoms with van der Waals surface area (Å²) in [6, 6.07) is 1.82. The fourth-order valence-corrected chi connectivity index (χ4v) is 1.62. The van der Waals surface area contributed by atoms with E-state index in [0.29, 0.717) is 37.3 Å². The molecule has 2 aromatic heterocycles. The molecule has 2 N–H and O–H groups in total. The highest BCUT2D eigenvalue weighted by Crippen LogP contribution is 2.13. The lowest BCUT2D eigenvalue weighted by atomic mass is 10.4. The fourth-order valence-electron chi connectivity index (χ4n) is 1.62. The van der Waals surface area contributed by atoms with Crippen LogP contribution < -0.4 is 10.6 Å². The molecule has 7 nitrogen and oxygen atoms in total. The van der Waals surface area contributed by atoms with E-state index in [1.165, 1.54) is 0 Å². The topological polar surface area (TPSA) is 85.1 Å². The summed E-state index contributed by atoms with van der Waals surface area (Å²) in [5, 5.41) is 6.16. The van der Waals surface area contributed by atoms with Gasteiger partial charge in [0.15, 0.2) is 5.82 Å². The first kappa shape index (κ1) is 14.3. The molecule has 0 aliphatic heterocycles. The van der Waals surface area contributed by atoms with E-state index >= 15 is 0 Å². The third kappa shape index (κ3) is 3.92. The highest BCUT2D eigenvalue weighted by atomic mass is 16.5. The van der Waals surface area contributed by atoms with Gasteiger partial charge in [-0.15, -0.1) is 0 Å². The molecule has 0 aliphatic carbocycles. The van der Waals surface area contributed by atoms with Crippen molar-refractivity contribution in [3.05, 3.63) is 29.7 Å². The third-order valence-electron chi connectivity index (χ3n) is 2.55. The quantitative estimate of drug-likeness (QED) is 0.800. The van der Waals surface area contributed by atoms with Crippen molar-refractivity contribution in [3.8, 4) is 0 Å². The molecule has 2 heterocycles. The molecule has 0 saturated carbocycles. The maximum Gasteiger partial charge on any atom is 0.213 e. The Morgan fingerprint density at radius 3 is 2.75 bits per heavy atom. The zero-order valence-electron chi connectivity index (χ0n) is 11.9. The lowest BCUT2D eigenvalue weighted by molar-refractivity contribution is 0.128. The number of nitrogens with one attached hydrogen (secondary N) is 2. The van der Waals surface area contributed by atoms with Crippen LogP contribution in [0.5, 0.6) is 0 Å². The van der Waals surface area contributed by atoms with Gasteiger partial charge in [-0.2, -0.15) is 0 Å². The van der Waals surface area contributed by atoms with Gasteiger partial charge in [-0.25, -0.2) is 15.0 Å². The van der Waals surface area contributed by atoms with E-state index in [0.717, 1.165) is 11.6 Å². The number of hydrogen-bond acceptors (Lipinski definition) is 7. The summed E-state index contributed by atoms with van der Waals surface area (Å²) >= 11 is 0. The van der Waals surface area contributed by atoms with Gasteiger partial charge in [-0.1, -0.05) is 0 Å². The van der Waals surface area contributed by atoms with Gasteiger partial charge in [0.05, 0.1) is 12.7 Å². The minimum atomic E-state index is 0.388. The molecule has 0 atom stereocenters.